The Morgan fingerprint density at radius 2 is 1.15 bits per heavy atom. The molecule has 0 spiro atoms. The molecule has 2 aromatic carbocycles. The maximum atomic E-state index is 6.56. The Kier molecular flexibility index (Phi) is 7.83. The van der Waals surface area contributed by atoms with E-state index in [1.165, 1.54) is 10.8 Å². The van der Waals surface area contributed by atoms with Crippen molar-refractivity contribution in [3.63, 3.8) is 0 Å². The molecule has 0 heterocycles. The molecule has 3 atom stereocenters. The molecule has 0 bridgehead atoms. The van der Waals surface area contributed by atoms with E-state index < -0.39 is 8.80 Å². The van der Waals surface area contributed by atoms with E-state index in [0.717, 1.165) is 24.4 Å². The zero-order valence-corrected chi connectivity index (χ0v) is 18.1. The van der Waals surface area contributed by atoms with Crippen molar-refractivity contribution >= 4 is 24.8 Å². The summed E-state index contributed by atoms with van der Waals surface area (Å²) >= 11 is 0. The summed E-state index contributed by atoms with van der Waals surface area (Å²) in [5, 5.41) is 3.46. The Balaban J connectivity index is 2.55. The molecule has 3 nitrogen and oxygen atoms in total. The quantitative estimate of drug-likeness (QED) is 0.519. The molecule has 4 heteroatoms. The Hall–Kier alpha value is -1.20. The lowest BCUT2D eigenvalue weighted by Crippen LogP contribution is -2.60. The number of rotatable bonds is 10. The smallest absolute Gasteiger partial charge is 0.367 e. The number of fused-ring (bicyclic) bond motifs is 1. The lowest BCUT2D eigenvalue weighted by atomic mass is 10.1. The van der Waals surface area contributed by atoms with E-state index in [1.807, 2.05) is 0 Å². The highest BCUT2D eigenvalue weighted by Gasteiger charge is 2.47. The molecule has 144 valence electrons. The van der Waals surface area contributed by atoms with Crippen LogP contribution < -0.4 is 5.19 Å². The summed E-state index contributed by atoms with van der Waals surface area (Å²) in [5.41, 5.74) is 0. The highest BCUT2D eigenvalue weighted by Crippen LogP contribution is 2.23. The van der Waals surface area contributed by atoms with Crippen molar-refractivity contribution in [2.75, 3.05) is 0 Å². The number of hydrogen-bond donors (Lipinski definition) is 0. The maximum Gasteiger partial charge on any atom is 0.537 e. The van der Waals surface area contributed by atoms with Gasteiger partial charge in [0, 0.05) is 23.5 Å². The summed E-state index contributed by atoms with van der Waals surface area (Å²) in [6.07, 6.45) is 3.03. The van der Waals surface area contributed by atoms with E-state index in [0.29, 0.717) is 0 Å². The first-order valence-electron chi connectivity index (χ1n) is 9.96. The van der Waals surface area contributed by atoms with Gasteiger partial charge in [-0.25, -0.2) is 0 Å². The Morgan fingerprint density at radius 1 is 0.692 bits per heavy atom. The molecule has 0 aliphatic carbocycles. The second-order valence-electron chi connectivity index (χ2n) is 7.13. The van der Waals surface area contributed by atoms with Gasteiger partial charge in [-0.1, -0.05) is 57.2 Å². The molecule has 2 aromatic rings. The lowest BCUT2D eigenvalue weighted by Gasteiger charge is -2.36. The van der Waals surface area contributed by atoms with Crippen LogP contribution in [0.25, 0.3) is 10.8 Å². The third-order valence-electron chi connectivity index (χ3n) is 4.90. The van der Waals surface area contributed by atoms with Crippen LogP contribution in [0.2, 0.25) is 0 Å². The predicted molar refractivity (Wildman–Crippen MR) is 112 cm³/mol. The molecule has 0 N–H and O–H groups in total. The van der Waals surface area contributed by atoms with Crippen molar-refractivity contribution < 1.29 is 13.3 Å². The topological polar surface area (TPSA) is 27.7 Å². The molecule has 2 rings (SSSR count). The first kappa shape index (κ1) is 21.1. The highest BCUT2D eigenvalue weighted by atomic mass is 28.4. The minimum Gasteiger partial charge on any atom is -0.367 e. The van der Waals surface area contributed by atoms with Gasteiger partial charge in [-0.3, -0.25) is 0 Å². The average molecular weight is 375 g/mol. The van der Waals surface area contributed by atoms with Gasteiger partial charge in [0.2, 0.25) is 0 Å². The second-order valence-corrected chi connectivity index (χ2v) is 9.53. The summed E-state index contributed by atoms with van der Waals surface area (Å²) in [5.74, 6) is 0. The minimum atomic E-state index is -3.04. The summed E-state index contributed by atoms with van der Waals surface area (Å²) in [6, 6.07) is 14.9. The van der Waals surface area contributed by atoms with Gasteiger partial charge in [0.1, 0.15) is 0 Å². The zero-order valence-electron chi connectivity index (χ0n) is 17.1. The van der Waals surface area contributed by atoms with Gasteiger partial charge < -0.3 is 13.3 Å². The van der Waals surface area contributed by atoms with Gasteiger partial charge in [0.15, 0.2) is 0 Å². The summed E-state index contributed by atoms with van der Waals surface area (Å²) in [7, 11) is -3.04. The molecule has 0 aliphatic rings. The Labute approximate surface area is 160 Å². The number of hydrogen-bond acceptors (Lipinski definition) is 3. The fourth-order valence-electron chi connectivity index (χ4n) is 2.71. The van der Waals surface area contributed by atoms with Crippen LogP contribution in [0, 0.1) is 0 Å². The van der Waals surface area contributed by atoms with E-state index >= 15 is 0 Å². The van der Waals surface area contributed by atoms with E-state index in [2.05, 4.69) is 84.0 Å². The predicted octanol–water partition coefficient (Wildman–Crippen LogP) is 5.43. The van der Waals surface area contributed by atoms with Crippen molar-refractivity contribution in [2.45, 2.75) is 79.1 Å². The van der Waals surface area contributed by atoms with Crippen LogP contribution in [-0.2, 0) is 13.3 Å². The fourth-order valence-corrected chi connectivity index (χ4v) is 6.00. The van der Waals surface area contributed by atoms with Crippen LogP contribution in [-0.4, -0.2) is 27.1 Å². The second kappa shape index (κ2) is 9.65. The lowest BCUT2D eigenvalue weighted by molar-refractivity contribution is 0.000781. The Bertz CT molecular complexity index is 657. The maximum absolute atomic E-state index is 6.56. The summed E-state index contributed by atoms with van der Waals surface area (Å²) < 4.78 is 19.7. The molecule has 0 radical (unpaired) electrons. The SMILES string of the molecule is CCC(C)O[Si](OC(C)CC)(OC(C)CC)c1ccc2ccccc2c1. The monoisotopic (exact) mass is 374 g/mol. The van der Waals surface area contributed by atoms with Gasteiger partial charge in [0.25, 0.3) is 0 Å². The zero-order chi connectivity index (χ0) is 19.2. The molecule has 0 amide bonds. The summed E-state index contributed by atoms with van der Waals surface area (Å²) in [6.45, 7) is 12.7. The number of benzene rings is 2. The normalized spacial score (nSPS) is 17.6. The Morgan fingerprint density at radius 3 is 1.62 bits per heavy atom. The van der Waals surface area contributed by atoms with Crippen molar-refractivity contribution in [1.82, 2.24) is 0 Å². The van der Waals surface area contributed by atoms with Crippen molar-refractivity contribution in [2.24, 2.45) is 0 Å². The van der Waals surface area contributed by atoms with Crippen molar-refractivity contribution in [1.29, 1.82) is 0 Å². The van der Waals surface area contributed by atoms with Crippen LogP contribution in [0.3, 0.4) is 0 Å². The molecule has 26 heavy (non-hydrogen) atoms. The van der Waals surface area contributed by atoms with Crippen LogP contribution in [0.5, 0.6) is 0 Å². The van der Waals surface area contributed by atoms with E-state index in [9.17, 15) is 0 Å². The average Bonchev–Trinajstić information content (AvgIpc) is 2.66. The van der Waals surface area contributed by atoms with Gasteiger partial charge in [0.05, 0.1) is 0 Å². The van der Waals surface area contributed by atoms with Gasteiger partial charge in [-0.05, 0) is 56.9 Å². The van der Waals surface area contributed by atoms with Crippen LogP contribution in [0.1, 0.15) is 60.8 Å². The van der Waals surface area contributed by atoms with Gasteiger partial charge in [-0.2, -0.15) is 0 Å². The van der Waals surface area contributed by atoms with Crippen molar-refractivity contribution in [3.05, 3.63) is 42.5 Å². The molecule has 0 aliphatic heterocycles. The van der Waals surface area contributed by atoms with E-state index in [-0.39, 0.29) is 18.3 Å². The largest absolute Gasteiger partial charge is 0.537 e. The first-order valence-corrected chi connectivity index (χ1v) is 11.7. The third-order valence-corrected chi connectivity index (χ3v) is 8.05. The molecule has 0 saturated carbocycles. The fraction of sp³-hybridized carbons (Fsp3) is 0.545. The molecular formula is C22H34O3Si. The van der Waals surface area contributed by atoms with Crippen LogP contribution in [0.4, 0.5) is 0 Å². The van der Waals surface area contributed by atoms with Crippen molar-refractivity contribution in [3.8, 4) is 0 Å². The third kappa shape index (κ3) is 5.16. The molecule has 0 aromatic heterocycles. The molecule has 0 saturated heterocycles. The molecule has 0 fully saturated rings. The van der Waals surface area contributed by atoms with Gasteiger partial charge >= 0.3 is 8.80 Å². The molecular weight excluding hydrogens is 340 g/mol. The van der Waals surface area contributed by atoms with E-state index in [1.54, 1.807) is 0 Å². The standard InChI is InChI=1S/C22H34O3Si/c1-7-17(4)23-26(24-18(5)8-2,25-19(6)9-3)22-15-14-20-12-10-11-13-21(20)16-22/h10-19H,7-9H2,1-6H3. The minimum absolute atomic E-state index is 0.0845. The van der Waals surface area contributed by atoms with Crippen LogP contribution in [0.15, 0.2) is 42.5 Å². The first-order chi connectivity index (χ1) is 12.4. The summed E-state index contributed by atoms with van der Waals surface area (Å²) in [4.78, 5) is 0. The van der Waals surface area contributed by atoms with Gasteiger partial charge in [-0.15, -0.1) is 0 Å². The molecule has 3 unspecified atom stereocenters. The van der Waals surface area contributed by atoms with E-state index in [4.69, 9.17) is 13.3 Å². The highest BCUT2D eigenvalue weighted by molar-refractivity contribution is 6.75. The van der Waals surface area contributed by atoms with Crippen LogP contribution >= 0.6 is 0 Å².